The summed E-state index contributed by atoms with van der Waals surface area (Å²) in [5, 5.41) is 24.2. The van der Waals surface area contributed by atoms with E-state index in [9.17, 15) is 31.4 Å². The van der Waals surface area contributed by atoms with Crippen molar-refractivity contribution in [3.8, 4) is 11.4 Å². The summed E-state index contributed by atoms with van der Waals surface area (Å²) in [7, 11) is 0. The van der Waals surface area contributed by atoms with Gasteiger partial charge in [0.1, 0.15) is 5.60 Å². The number of rotatable bonds is 7. The first-order valence-corrected chi connectivity index (χ1v) is 12.8. The molecule has 5 rings (SSSR count). The fraction of sp³-hybridized carbons (Fsp3) is 0.200. The lowest BCUT2D eigenvalue weighted by Gasteiger charge is -2.30. The summed E-state index contributed by atoms with van der Waals surface area (Å²) >= 11 is 0. The van der Waals surface area contributed by atoms with E-state index in [1.165, 1.54) is 4.80 Å². The van der Waals surface area contributed by atoms with Gasteiger partial charge in [0.05, 0.1) is 17.7 Å². The largest absolute Gasteiger partial charge is 0.416 e. The number of aliphatic hydroxyl groups is 1. The zero-order valence-corrected chi connectivity index (χ0v) is 22.1. The molecule has 0 aliphatic rings. The highest BCUT2D eigenvalue weighted by Crippen LogP contribution is 2.39. The number of hydrogen-bond donors (Lipinski definition) is 1. The minimum absolute atomic E-state index is 0.0669. The maximum atomic E-state index is 13.2. The monoisotopic (exact) mass is 584 g/mol. The summed E-state index contributed by atoms with van der Waals surface area (Å²) in [6.45, 7) is 2.96. The van der Waals surface area contributed by atoms with Crippen LogP contribution in [0.1, 0.15) is 40.3 Å². The van der Waals surface area contributed by atoms with Gasteiger partial charge in [-0.15, -0.1) is 10.2 Å². The van der Waals surface area contributed by atoms with Crippen molar-refractivity contribution in [2.24, 2.45) is 0 Å². The molecule has 1 N–H and O–H groups in total. The van der Waals surface area contributed by atoms with E-state index >= 15 is 0 Å². The van der Waals surface area contributed by atoms with E-state index in [2.05, 4.69) is 15.4 Å². The Morgan fingerprint density at radius 1 is 0.667 bits per heavy atom. The van der Waals surface area contributed by atoms with Crippen LogP contribution in [0.3, 0.4) is 0 Å². The average molecular weight is 585 g/mol. The molecule has 5 aromatic rings. The van der Waals surface area contributed by atoms with E-state index in [0.29, 0.717) is 18.9 Å². The molecule has 12 heteroatoms. The smallest absolute Gasteiger partial charge is 0.376 e. The van der Waals surface area contributed by atoms with Gasteiger partial charge >= 0.3 is 12.4 Å². The van der Waals surface area contributed by atoms with Gasteiger partial charge in [0.15, 0.2) is 18.9 Å². The van der Waals surface area contributed by atoms with Crippen molar-refractivity contribution in [2.45, 2.75) is 38.0 Å². The van der Waals surface area contributed by atoms with Crippen LogP contribution in [0, 0.1) is 0 Å². The first kappa shape index (κ1) is 28.9. The fourth-order valence-electron chi connectivity index (χ4n) is 4.57. The molecule has 42 heavy (non-hydrogen) atoms. The molecule has 6 nitrogen and oxygen atoms in total. The standard InChI is InChI=1S/C30H24F6N5O/c1-2-41-38-27(37-39-41)21-5-3-20(4-6-21)19-40-17-15-24(16-18-40)28(42,22-7-11-25(12-8-22)29(31,32)33)23-9-13-26(14-10-23)30(34,35)36/h3-18,42H,2,19H2,1H3/q+1. The fourth-order valence-corrected chi connectivity index (χ4v) is 4.57. The molecule has 0 unspecified atom stereocenters. The van der Waals surface area contributed by atoms with Crippen molar-refractivity contribution in [3.63, 3.8) is 0 Å². The van der Waals surface area contributed by atoms with Crippen molar-refractivity contribution in [2.75, 3.05) is 0 Å². The highest BCUT2D eigenvalue weighted by Gasteiger charge is 2.38. The van der Waals surface area contributed by atoms with Gasteiger partial charge in [-0.2, -0.15) is 31.1 Å². The summed E-state index contributed by atoms with van der Waals surface area (Å²) in [5.41, 5.74) is -1.71. The number of hydrogen-bond acceptors (Lipinski definition) is 4. The summed E-state index contributed by atoms with van der Waals surface area (Å²) in [4.78, 5) is 1.48. The van der Waals surface area contributed by atoms with E-state index in [0.717, 1.165) is 59.7 Å². The minimum atomic E-state index is -4.59. The van der Waals surface area contributed by atoms with E-state index < -0.39 is 29.1 Å². The zero-order valence-electron chi connectivity index (χ0n) is 22.1. The Labute approximate surface area is 236 Å². The van der Waals surface area contributed by atoms with Crippen molar-refractivity contribution in [1.29, 1.82) is 0 Å². The molecule has 0 radical (unpaired) electrons. The molecule has 0 saturated heterocycles. The quantitative estimate of drug-likeness (QED) is 0.188. The summed E-state index contributed by atoms with van der Waals surface area (Å²) in [6, 6.07) is 18.5. The number of pyridine rings is 1. The topological polar surface area (TPSA) is 67.7 Å². The predicted octanol–water partition coefficient (Wildman–Crippen LogP) is 6.02. The van der Waals surface area contributed by atoms with Gasteiger partial charge in [-0.05, 0) is 47.5 Å². The lowest BCUT2D eigenvalue weighted by atomic mass is 9.80. The van der Waals surface area contributed by atoms with Crippen LogP contribution < -0.4 is 4.57 Å². The minimum Gasteiger partial charge on any atom is -0.376 e. The van der Waals surface area contributed by atoms with Crippen molar-refractivity contribution in [1.82, 2.24) is 20.2 Å². The van der Waals surface area contributed by atoms with Crippen molar-refractivity contribution >= 4 is 0 Å². The van der Waals surface area contributed by atoms with Gasteiger partial charge in [0, 0.05) is 28.8 Å². The van der Waals surface area contributed by atoms with Crippen LogP contribution in [0.25, 0.3) is 11.4 Å². The third kappa shape index (κ3) is 5.89. The molecular weight excluding hydrogens is 560 g/mol. The number of halogens is 6. The van der Waals surface area contributed by atoms with Crippen LogP contribution in [0.2, 0.25) is 0 Å². The first-order valence-electron chi connectivity index (χ1n) is 12.8. The van der Waals surface area contributed by atoms with Gasteiger partial charge in [0.25, 0.3) is 0 Å². The van der Waals surface area contributed by atoms with Crippen LogP contribution in [-0.4, -0.2) is 25.3 Å². The number of benzene rings is 3. The average Bonchev–Trinajstić information content (AvgIpc) is 3.46. The SMILES string of the molecule is CCn1nnc(-c2ccc(C[n+]3ccc(C(O)(c4ccc(C(F)(F)F)cc4)c4ccc(C(F)(F)F)cc4)cc3)cc2)n1. The number of alkyl halides is 6. The lowest BCUT2D eigenvalue weighted by molar-refractivity contribution is -0.688. The van der Waals surface area contributed by atoms with Gasteiger partial charge in [0.2, 0.25) is 5.82 Å². The number of tetrazole rings is 1. The molecule has 0 atom stereocenters. The molecule has 0 spiro atoms. The Hall–Kier alpha value is -4.58. The van der Waals surface area contributed by atoms with Gasteiger partial charge in [-0.3, -0.25) is 0 Å². The second-order valence-corrected chi connectivity index (χ2v) is 9.62. The van der Waals surface area contributed by atoms with Crippen LogP contribution in [0.5, 0.6) is 0 Å². The Kier molecular flexibility index (Phi) is 7.58. The molecule has 2 aromatic heterocycles. The van der Waals surface area contributed by atoms with Gasteiger partial charge < -0.3 is 5.11 Å². The molecule has 0 saturated carbocycles. The Balaban J connectivity index is 1.45. The highest BCUT2D eigenvalue weighted by molar-refractivity contribution is 5.54. The first-order chi connectivity index (χ1) is 19.9. The molecule has 0 aliphatic heterocycles. The second-order valence-electron chi connectivity index (χ2n) is 9.62. The van der Waals surface area contributed by atoms with E-state index in [-0.39, 0.29) is 16.7 Å². The molecule has 0 fully saturated rings. The van der Waals surface area contributed by atoms with E-state index in [1.54, 1.807) is 24.5 Å². The number of nitrogens with zero attached hydrogens (tertiary/aromatic N) is 5. The molecule has 216 valence electrons. The van der Waals surface area contributed by atoms with E-state index in [4.69, 9.17) is 0 Å². The lowest BCUT2D eigenvalue weighted by Crippen LogP contribution is -2.35. The van der Waals surface area contributed by atoms with Crippen molar-refractivity contribution < 1.29 is 36.0 Å². The Morgan fingerprint density at radius 2 is 1.12 bits per heavy atom. The normalized spacial score (nSPS) is 12.5. The maximum absolute atomic E-state index is 13.2. The summed E-state index contributed by atoms with van der Waals surface area (Å²) < 4.78 is 80.9. The third-order valence-electron chi connectivity index (χ3n) is 6.88. The molecular formula is C30H24F6N5O+. The van der Waals surface area contributed by atoms with Crippen molar-refractivity contribution in [3.05, 3.63) is 131 Å². The van der Waals surface area contributed by atoms with Crippen LogP contribution in [0.15, 0.2) is 97.3 Å². The Bertz CT molecular complexity index is 1590. The summed E-state index contributed by atoms with van der Waals surface area (Å²) in [5.74, 6) is 0.506. The molecule has 0 amide bonds. The zero-order chi connectivity index (χ0) is 30.1. The highest BCUT2D eigenvalue weighted by atomic mass is 19.4. The number of aryl methyl sites for hydroxylation is 1. The molecule has 2 heterocycles. The van der Waals surface area contributed by atoms with E-state index in [1.807, 2.05) is 35.8 Å². The maximum Gasteiger partial charge on any atom is 0.416 e. The predicted molar refractivity (Wildman–Crippen MR) is 140 cm³/mol. The molecule has 3 aromatic carbocycles. The van der Waals surface area contributed by atoms with Gasteiger partial charge in [-0.25, -0.2) is 4.57 Å². The summed E-state index contributed by atoms with van der Waals surface area (Å²) in [6.07, 6.45) is -5.83. The number of aromatic nitrogens is 5. The second kappa shape index (κ2) is 11.0. The molecule has 0 bridgehead atoms. The van der Waals surface area contributed by atoms with Crippen LogP contribution in [0.4, 0.5) is 26.3 Å². The Morgan fingerprint density at radius 3 is 1.55 bits per heavy atom. The van der Waals surface area contributed by atoms with Crippen LogP contribution >= 0.6 is 0 Å². The molecule has 0 aliphatic carbocycles. The van der Waals surface area contributed by atoms with Gasteiger partial charge in [-0.1, -0.05) is 48.5 Å². The van der Waals surface area contributed by atoms with Crippen LogP contribution in [-0.2, 0) is 31.0 Å². The third-order valence-corrected chi connectivity index (χ3v) is 6.88.